The first-order chi connectivity index (χ1) is 13.6. The number of carbonyl (C=O) groups is 2. The van der Waals surface area contributed by atoms with Crippen molar-refractivity contribution in [1.82, 2.24) is 19.6 Å². The van der Waals surface area contributed by atoms with Crippen molar-refractivity contribution in [2.75, 3.05) is 26.2 Å². The topological polar surface area (TPSA) is 58.4 Å². The fourth-order valence-electron chi connectivity index (χ4n) is 4.60. The van der Waals surface area contributed by atoms with Crippen molar-refractivity contribution in [3.63, 3.8) is 0 Å². The highest BCUT2D eigenvalue weighted by Crippen LogP contribution is 2.25. The summed E-state index contributed by atoms with van der Waals surface area (Å²) in [5, 5.41) is 4.51. The molecule has 1 aromatic carbocycles. The van der Waals surface area contributed by atoms with Gasteiger partial charge in [0.05, 0.1) is 22.6 Å². The summed E-state index contributed by atoms with van der Waals surface area (Å²) in [7, 11) is 0. The average molecular weight is 380 g/mol. The van der Waals surface area contributed by atoms with Crippen molar-refractivity contribution in [1.29, 1.82) is 0 Å². The largest absolute Gasteiger partial charge is 0.333 e. The molecular formula is C22H28N4O2. The zero-order chi connectivity index (χ0) is 19.7. The van der Waals surface area contributed by atoms with Gasteiger partial charge in [-0.25, -0.2) is 4.68 Å². The Morgan fingerprint density at radius 2 is 1.61 bits per heavy atom. The van der Waals surface area contributed by atoms with E-state index in [2.05, 4.69) is 10.00 Å². The van der Waals surface area contributed by atoms with Crippen LogP contribution in [0.15, 0.2) is 30.3 Å². The van der Waals surface area contributed by atoms with Crippen molar-refractivity contribution in [3.8, 4) is 5.69 Å². The summed E-state index contributed by atoms with van der Waals surface area (Å²) in [4.78, 5) is 30.1. The van der Waals surface area contributed by atoms with E-state index in [1.165, 1.54) is 25.7 Å². The molecule has 2 aliphatic rings. The number of para-hydroxylation sites is 1. The first kappa shape index (κ1) is 18.9. The second-order valence-electron chi connectivity index (χ2n) is 7.89. The van der Waals surface area contributed by atoms with Crippen LogP contribution < -0.4 is 0 Å². The molecule has 4 rings (SSSR count). The molecule has 2 aromatic rings. The molecule has 6 nitrogen and oxygen atoms in total. The smallest absolute Gasteiger partial charge is 0.295 e. The monoisotopic (exact) mass is 380 g/mol. The van der Waals surface area contributed by atoms with Crippen molar-refractivity contribution < 1.29 is 9.59 Å². The molecule has 0 bridgehead atoms. The molecule has 0 spiro atoms. The molecule has 2 fully saturated rings. The highest BCUT2D eigenvalue weighted by molar-refractivity contribution is 6.43. The maximum Gasteiger partial charge on any atom is 0.295 e. The van der Waals surface area contributed by atoms with Crippen LogP contribution in [0.3, 0.4) is 0 Å². The Morgan fingerprint density at radius 3 is 2.25 bits per heavy atom. The number of nitrogens with zero attached hydrogens (tertiary/aromatic N) is 4. The van der Waals surface area contributed by atoms with Crippen LogP contribution in [0.2, 0.25) is 0 Å². The molecule has 0 atom stereocenters. The molecular weight excluding hydrogens is 352 g/mol. The molecule has 0 unspecified atom stereocenters. The van der Waals surface area contributed by atoms with E-state index in [9.17, 15) is 9.59 Å². The van der Waals surface area contributed by atoms with Gasteiger partial charge >= 0.3 is 0 Å². The van der Waals surface area contributed by atoms with E-state index < -0.39 is 11.7 Å². The van der Waals surface area contributed by atoms with E-state index in [4.69, 9.17) is 0 Å². The third kappa shape index (κ3) is 3.49. The lowest BCUT2D eigenvalue weighted by atomic mass is 10.1. The van der Waals surface area contributed by atoms with Crippen molar-refractivity contribution in [2.45, 2.75) is 45.6 Å². The van der Waals surface area contributed by atoms with Crippen molar-refractivity contribution in [3.05, 3.63) is 47.3 Å². The number of hydrogen-bond donors (Lipinski definition) is 0. The summed E-state index contributed by atoms with van der Waals surface area (Å²) in [6, 6.07) is 10.4. The lowest BCUT2D eigenvalue weighted by Gasteiger charge is -2.37. The summed E-state index contributed by atoms with van der Waals surface area (Å²) in [5.41, 5.74) is 2.64. The Bertz CT molecular complexity index is 860. The zero-order valence-electron chi connectivity index (χ0n) is 16.7. The normalized spacial score (nSPS) is 18.6. The minimum absolute atomic E-state index is 0.398. The molecule has 2 heterocycles. The molecule has 1 aliphatic heterocycles. The van der Waals surface area contributed by atoms with Gasteiger partial charge in [-0.1, -0.05) is 31.0 Å². The Balaban J connectivity index is 1.47. The van der Waals surface area contributed by atoms with Crippen LogP contribution in [0, 0.1) is 13.8 Å². The Labute approximate surface area is 166 Å². The fourth-order valence-corrected chi connectivity index (χ4v) is 4.60. The van der Waals surface area contributed by atoms with Gasteiger partial charge in [0.2, 0.25) is 0 Å². The van der Waals surface area contributed by atoms with Crippen LogP contribution in [-0.4, -0.2) is 63.5 Å². The van der Waals surface area contributed by atoms with E-state index in [0.717, 1.165) is 18.8 Å². The van der Waals surface area contributed by atoms with E-state index in [1.807, 2.05) is 37.3 Å². The number of Topliss-reactive ketones (excluding diaryl/α,β-unsaturated/α-hetero) is 1. The first-order valence-corrected chi connectivity index (χ1v) is 10.3. The average Bonchev–Trinajstić information content (AvgIpc) is 3.36. The third-order valence-corrected chi connectivity index (χ3v) is 6.16. The van der Waals surface area contributed by atoms with E-state index in [-0.39, 0.29) is 0 Å². The highest BCUT2D eigenvalue weighted by atomic mass is 16.2. The predicted octanol–water partition coefficient (Wildman–Crippen LogP) is 2.76. The number of aromatic nitrogens is 2. The highest BCUT2D eigenvalue weighted by Gasteiger charge is 2.32. The molecule has 148 valence electrons. The minimum atomic E-state index is -0.438. The quantitative estimate of drug-likeness (QED) is 0.605. The van der Waals surface area contributed by atoms with Crippen molar-refractivity contribution >= 4 is 11.7 Å². The Hall–Kier alpha value is -2.47. The van der Waals surface area contributed by atoms with Gasteiger partial charge in [0.15, 0.2) is 0 Å². The van der Waals surface area contributed by atoms with Crippen LogP contribution in [0.4, 0.5) is 0 Å². The number of aryl methyl sites for hydroxylation is 1. The van der Waals surface area contributed by atoms with Gasteiger partial charge in [-0.05, 0) is 38.8 Å². The van der Waals surface area contributed by atoms with E-state index in [1.54, 1.807) is 16.5 Å². The van der Waals surface area contributed by atoms with Crippen LogP contribution in [0.1, 0.15) is 47.4 Å². The second kappa shape index (κ2) is 7.87. The van der Waals surface area contributed by atoms with Gasteiger partial charge < -0.3 is 4.90 Å². The van der Waals surface area contributed by atoms with Crippen LogP contribution in [-0.2, 0) is 4.79 Å². The summed E-state index contributed by atoms with van der Waals surface area (Å²) >= 11 is 0. The molecule has 1 amide bonds. The lowest BCUT2D eigenvalue weighted by Crippen LogP contribution is -2.52. The van der Waals surface area contributed by atoms with Gasteiger partial charge in [0, 0.05) is 32.2 Å². The third-order valence-electron chi connectivity index (χ3n) is 6.16. The zero-order valence-corrected chi connectivity index (χ0v) is 16.7. The van der Waals surface area contributed by atoms with Gasteiger partial charge in [-0.2, -0.15) is 5.10 Å². The summed E-state index contributed by atoms with van der Waals surface area (Å²) < 4.78 is 1.74. The molecule has 1 aliphatic carbocycles. The molecule has 0 N–H and O–H groups in total. The summed E-state index contributed by atoms with van der Waals surface area (Å²) in [5.74, 6) is -0.837. The maximum absolute atomic E-state index is 13.0. The Morgan fingerprint density at radius 1 is 0.964 bits per heavy atom. The van der Waals surface area contributed by atoms with Crippen LogP contribution in [0.5, 0.6) is 0 Å². The predicted molar refractivity (Wildman–Crippen MR) is 108 cm³/mol. The minimum Gasteiger partial charge on any atom is -0.333 e. The molecule has 1 aromatic heterocycles. The summed E-state index contributed by atoms with van der Waals surface area (Å²) in [6.07, 6.45) is 5.16. The van der Waals surface area contributed by atoms with Crippen molar-refractivity contribution in [2.24, 2.45) is 0 Å². The number of ketones is 1. The lowest BCUT2D eigenvalue weighted by molar-refractivity contribution is -0.128. The van der Waals surface area contributed by atoms with Gasteiger partial charge in [-0.15, -0.1) is 0 Å². The number of benzene rings is 1. The molecule has 1 saturated carbocycles. The SMILES string of the molecule is Cc1nn(-c2ccccc2)c(C)c1C(=O)C(=O)N1CCN(C2CCCC2)CC1. The first-order valence-electron chi connectivity index (χ1n) is 10.3. The maximum atomic E-state index is 13.0. The summed E-state index contributed by atoms with van der Waals surface area (Å²) in [6.45, 7) is 6.64. The number of piperazine rings is 1. The van der Waals surface area contributed by atoms with Gasteiger partial charge in [0.25, 0.3) is 11.7 Å². The number of amides is 1. The molecule has 6 heteroatoms. The fraction of sp³-hybridized carbons (Fsp3) is 0.500. The number of hydrogen-bond acceptors (Lipinski definition) is 4. The van der Waals surface area contributed by atoms with Crippen LogP contribution in [0.25, 0.3) is 5.69 Å². The van der Waals surface area contributed by atoms with Crippen LogP contribution >= 0.6 is 0 Å². The molecule has 1 saturated heterocycles. The Kier molecular flexibility index (Phi) is 5.31. The number of rotatable bonds is 4. The van der Waals surface area contributed by atoms with Gasteiger partial charge in [0.1, 0.15) is 0 Å². The standard InChI is InChI=1S/C22H28N4O2/c1-16-20(17(2)26(23-16)19-10-4-3-5-11-19)21(27)22(28)25-14-12-24(13-15-25)18-8-6-7-9-18/h3-5,10-11,18H,6-9,12-15H2,1-2H3. The van der Waals surface area contributed by atoms with E-state index in [0.29, 0.717) is 36.1 Å². The van der Waals surface area contributed by atoms with E-state index >= 15 is 0 Å². The number of carbonyl (C=O) groups excluding carboxylic acids is 2. The molecule has 28 heavy (non-hydrogen) atoms. The second-order valence-corrected chi connectivity index (χ2v) is 7.89. The van der Waals surface area contributed by atoms with Gasteiger partial charge in [-0.3, -0.25) is 14.5 Å². The molecule has 0 radical (unpaired) electrons.